The van der Waals surface area contributed by atoms with E-state index in [0.717, 1.165) is 18.4 Å². The van der Waals surface area contributed by atoms with Crippen LogP contribution in [-0.2, 0) is 9.53 Å². The normalized spacial score (nSPS) is 17.9. The number of carbonyl (C=O) groups is 1. The second kappa shape index (κ2) is 14.8. The van der Waals surface area contributed by atoms with E-state index in [2.05, 4.69) is 34.2 Å². The number of nitrogens with one attached hydrogen (secondary N) is 1. The van der Waals surface area contributed by atoms with Gasteiger partial charge >= 0.3 is 12.1 Å². The molecule has 2 aliphatic rings. The molecule has 6 rings (SSSR count). The SMILES string of the molecule is CCOC(=O)[C@@H]1CC2(CCN(c3cc(O[C@H](c4ccc(-c5ccc(OCC(C)C)cc5)cc4-n4ccc(C)n4)C(F)(F)F)nc(N)n3)CC2)CN1. The lowest BCUT2D eigenvalue weighted by atomic mass is 9.76. The minimum atomic E-state index is -4.82. The van der Waals surface area contributed by atoms with E-state index in [1.165, 1.54) is 16.8 Å². The third kappa shape index (κ3) is 8.38. The van der Waals surface area contributed by atoms with Crippen LogP contribution >= 0.6 is 0 Å². The Hall–Kier alpha value is -4.85. The molecule has 2 aromatic heterocycles. The zero-order valence-corrected chi connectivity index (χ0v) is 29.2. The maximum absolute atomic E-state index is 15.0. The summed E-state index contributed by atoms with van der Waals surface area (Å²) in [6, 6.07) is 14.9. The third-order valence-corrected chi connectivity index (χ3v) is 9.38. The molecule has 2 atom stereocenters. The maximum Gasteiger partial charge on any atom is 0.429 e. The Balaban J connectivity index is 1.25. The number of aryl methyl sites for hydroxylation is 1. The van der Waals surface area contributed by atoms with Crippen LogP contribution in [0, 0.1) is 18.3 Å². The summed E-state index contributed by atoms with van der Waals surface area (Å²) in [6.45, 7) is 10.4. The van der Waals surface area contributed by atoms with Crippen molar-refractivity contribution in [3.05, 3.63) is 72.1 Å². The highest BCUT2D eigenvalue weighted by Crippen LogP contribution is 2.43. The first-order valence-electron chi connectivity index (χ1n) is 17.3. The van der Waals surface area contributed by atoms with Gasteiger partial charge in [-0.2, -0.15) is 28.2 Å². The summed E-state index contributed by atoms with van der Waals surface area (Å²) in [6.07, 6.45) is -3.42. The number of esters is 1. The number of ether oxygens (including phenoxy) is 3. The van der Waals surface area contributed by atoms with Gasteiger partial charge in [0.05, 0.1) is 24.6 Å². The van der Waals surface area contributed by atoms with Gasteiger partial charge in [-0.1, -0.05) is 38.1 Å². The number of rotatable bonds is 11. The zero-order chi connectivity index (χ0) is 36.3. The molecule has 4 heterocycles. The minimum absolute atomic E-state index is 0.0792. The molecular formula is C37H44F3N7O4. The first kappa shape index (κ1) is 36.0. The average molecular weight is 708 g/mol. The van der Waals surface area contributed by atoms with Crippen LogP contribution in [0.25, 0.3) is 16.8 Å². The summed E-state index contributed by atoms with van der Waals surface area (Å²) in [4.78, 5) is 22.7. The predicted molar refractivity (Wildman–Crippen MR) is 187 cm³/mol. The molecule has 0 saturated carbocycles. The second-order valence-electron chi connectivity index (χ2n) is 13.7. The van der Waals surface area contributed by atoms with E-state index in [1.807, 2.05) is 29.2 Å². The van der Waals surface area contributed by atoms with Crippen LogP contribution in [-0.4, -0.2) is 70.8 Å². The highest BCUT2D eigenvalue weighted by molar-refractivity contribution is 5.76. The Bertz CT molecular complexity index is 1820. The lowest BCUT2D eigenvalue weighted by molar-refractivity contribution is -0.198. The van der Waals surface area contributed by atoms with E-state index in [-0.39, 0.29) is 40.5 Å². The Morgan fingerprint density at radius 1 is 1.06 bits per heavy atom. The van der Waals surface area contributed by atoms with Crippen molar-refractivity contribution in [2.24, 2.45) is 11.3 Å². The Labute approximate surface area is 295 Å². The summed E-state index contributed by atoms with van der Waals surface area (Å²) >= 11 is 0. The number of nitrogens with zero attached hydrogens (tertiary/aromatic N) is 5. The molecule has 4 aromatic rings. The Morgan fingerprint density at radius 2 is 1.78 bits per heavy atom. The molecule has 2 aliphatic heterocycles. The van der Waals surface area contributed by atoms with E-state index in [0.29, 0.717) is 68.0 Å². The van der Waals surface area contributed by atoms with E-state index in [4.69, 9.17) is 19.9 Å². The molecule has 2 fully saturated rings. The Morgan fingerprint density at radius 3 is 2.43 bits per heavy atom. The lowest BCUT2D eigenvalue weighted by Crippen LogP contribution is -2.41. The van der Waals surface area contributed by atoms with E-state index >= 15 is 0 Å². The van der Waals surface area contributed by atoms with Crippen LogP contribution in [0.2, 0.25) is 0 Å². The highest BCUT2D eigenvalue weighted by atomic mass is 19.4. The summed E-state index contributed by atoms with van der Waals surface area (Å²) in [5.74, 6) is 0.708. The van der Waals surface area contributed by atoms with Crippen molar-refractivity contribution >= 4 is 17.7 Å². The highest BCUT2D eigenvalue weighted by Gasteiger charge is 2.46. The van der Waals surface area contributed by atoms with Gasteiger partial charge in [-0.15, -0.1) is 0 Å². The number of halogens is 3. The van der Waals surface area contributed by atoms with Crippen molar-refractivity contribution in [3.63, 3.8) is 0 Å². The number of benzene rings is 2. The summed E-state index contributed by atoms with van der Waals surface area (Å²) in [5.41, 5.74) is 8.16. The van der Waals surface area contributed by atoms with E-state index in [1.54, 1.807) is 38.2 Å². The van der Waals surface area contributed by atoms with Gasteiger partial charge in [0.15, 0.2) is 0 Å². The van der Waals surface area contributed by atoms with Crippen LogP contribution in [0.15, 0.2) is 60.8 Å². The van der Waals surface area contributed by atoms with Crippen LogP contribution in [0.5, 0.6) is 11.6 Å². The molecule has 2 saturated heterocycles. The smallest absolute Gasteiger partial charge is 0.429 e. The topological polar surface area (TPSA) is 130 Å². The first-order chi connectivity index (χ1) is 24.3. The quantitative estimate of drug-likeness (QED) is 0.168. The number of aromatic nitrogens is 4. The monoisotopic (exact) mass is 707 g/mol. The van der Waals surface area contributed by atoms with Crippen molar-refractivity contribution in [2.45, 2.75) is 65.3 Å². The number of hydrogen-bond donors (Lipinski definition) is 2. The van der Waals surface area contributed by atoms with Crippen LogP contribution in [0.4, 0.5) is 24.9 Å². The molecule has 14 heteroatoms. The molecule has 11 nitrogen and oxygen atoms in total. The van der Waals surface area contributed by atoms with Gasteiger partial charge in [0.1, 0.15) is 17.6 Å². The number of hydrogen-bond acceptors (Lipinski definition) is 10. The average Bonchev–Trinajstić information content (AvgIpc) is 3.72. The molecule has 0 radical (unpaired) electrons. The Kier molecular flexibility index (Phi) is 10.4. The van der Waals surface area contributed by atoms with Crippen LogP contribution in [0.3, 0.4) is 0 Å². The minimum Gasteiger partial charge on any atom is -0.493 e. The summed E-state index contributed by atoms with van der Waals surface area (Å²) in [7, 11) is 0. The molecular weight excluding hydrogens is 663 g/mol. The van der Waals surface area contributed by atoms with E-state index in [9.17, 15) is 18.0 Å². The fourth-order valence-electron chi connectivity index (χ4n) is 6.70. The van der Waals surface area contributed by atoms with Gasteiger partial charge in [0, 0.05) is 37.5 Å². The van der Waals surface area contributed by atoms with Gasteiger partial charge in [-0.05, 0) is 79.8 Å². The molecule has 0 bridgehead atoms. The van der Waals surface area contributed by atoms with Crippen LogP contribution in [0.1, 0.15) is 57.4 Å². The molecule has 3 N–H and O–H groups in total. The number of carbonyl (C=O) groups excluding carboxylic acids is 1. The second-order valence-corrected chi connectivity index (χ2v) is 13.7. The zero-order valence-electron chi connectivity index (χ0n) is 29.2. The van der Waals surface area contributed by atoms with Gasteiger partial charge in [-0.3, -0.25) is 4.79 Å². The van der Waals surface area contributed by atoms with E-state index < -0.39 is 12.3 Å². The molecule has 1 spiro atoms. The van der Waals surface area contributed by atoms with Crippen molar-refractivity contribution in [3.8, 4) is 28.4 Å². The van der Waals surface area contributed by atoms with Gasteiger partial charge < -0.3 is 30.2 Å². The standard InChI is InChI=1S/C37H44F3N7O4/c1-5-49-34(48)29-20-36(22-42-29)13-16-46(17-14-36)31-19-32(44-35(41)43-31)51-33(37(38,39)40)28-11-8-26(18-30(28)47-15-12-24(4)45-47)25-6-9-27(10-7-25)50-21-23(2)3/h6-12,15,18-19,23,29,33,42H,5,13-14,16-17,20-22H2,1-4H3,(H2,41,43,44)/t29-,33+/m0/s1. The summed E-state index contributed by atoms with van der Waals surface area (Å²) in [5, 5.41) is 7.73. The molecule has 0 amide bonds. The van der Waals surface area contributed by atoms with Crippen molar-refractivity contribution < 1.29 is 32.2 Å². The largest absolute Gasteiger partial charge is 0.493 e. The third-order valence-electron chi connectivity index (χ3n) is 9.38. The van der Waals surface area contributed by atoms with Crippen molar-refractivity contribution in [1.82, 2.24) is 25.1 Å². The molecule has 0 unspecified atom stereocenters. The number of piperidine rings is 1. The molecule has 272 valence electrons. The van der Waals surface area contributed by atoms with Crippen LogP contribution < -0.4 is 25.4 Å². The van der Waals surface area contributed by atoms with Crippen molar-refractivity contribution in [2.75, 3.05) is 43.5 Å². The number of nitrogens with two attached hydrogens (primary N) is 1. The molecule has 51 heavy (non-hydrogen) atoms. The fraction of sp³-hybridized carbons (Fsp3) is 0.459. The maximum atomic E-state index is 15.0. The number of alkyl halides is 3. The van der Waals surface area contributed by atoms with Gasteiger partial charge in [0.2, 0.25) is 17.9 Å². The number of nitrogen functional groups attached to an aromatic ring is 1. The fourth-order valence-corrected chi connectivity index (χ4v) is 6.70. The predicted octanol–water partition coefficient (Wildman–Crippen LogP) is 6.45. The first-order valence-corrected chi connectivity index (χ1v) is 17.3. The van der Waals surface area contributed by atoms with Gasteiger partial charge in [-0.25, -0.2) is 4.68 Å². The lowest BCUT2D eigenvalue weighted by Gasteiger charge is -2.39. The van der Waals surface area contributed by atoms with Crippen molar-refractivity contribution in [1.29, 1.82) is 0 Å². The molecule has 0 aliphatic carbocycles. The summed E-state index contributed by atoms with van der Waals surface area (Å²) < 4.78 is 63.0. The number of anilines is 2. The molecule has 2 aromatic carbocycles. The van der Waals surface area contributed by atoms with Gasteiger partial charge in [0.25, 0.3) is 0 Å².